The van der Waals surface area contributed by atoms with Gasteiger partial charge in [0, 0.05) is 24.5 Å². The number of hydrogen-bond acceptors (Lipinski definition) is 4. The van der Waals surface area contributed by atoms with Crippen LogP contribution in [0.5, 0.6) is 0 Å². The first-order valence-electron chi connectivity index (χ1n) is 8.40. The van der Waals surface area contributed by atoms with Crippen LogP contribution in [-0.4, -0.2) is 47.5 Å². The van der Waals surface area contributed by atoms with Gasteiger partial charge in [0.1, 0.15) is 12.3 Å². The van der Waals surface area contributed by atoms with E-state index < -0.39 is 0 Å². The minimum absolute atomic E-state index is 0.192. The van der Waals surface area contributed by atoms with Gasteiger partial charge in [0.25, 0.3) is 0 Å². The van der Waals surface area contributed by atoms with Gasteiger partial charge in [0.2, 0.25) is 0 Å². The van der Waals surface area contributed by atoms with Crippen LogP contribution in [0.15, 0.2) is 54.9 Å². The summed E-state index contributed by atoms with van der Waals surface area (Å²) in [4.78, 5) is 18.7. The molecule has 0 aliphatic rings. The molecule has 1 unspecified atom stereocenters. The van der Waals surface area contributed by atoms with Gasteiger partial charge in [-0.25, -0.2) is 4.98 Å². The molecule has 0 saturated heterocycles. The van der Waals surface area contributed by atoms with E-state index in [0.29, 0.717) is 6.61 Å². The van der Waals surface area contributed by atoms with Gasteiger partial charge < -0.3 is 14.0 Å². The third-order valence-electron chi connectivity index (χ3n) is 4.21. The zero-order valence-electron chi connectivity index (χ0n) is 14.8. The standard InChI is InChI=1S/C20H23N3O2/c1-15(20(24)25-13-12-22(2)3)16-7-9-17(10-8-16)18-14-23-11-5-4-6-19(23)21-18/h4-11,14-15H,12-13H2,1-3H3. The summed E-state index contributed by atoms with van der Waals surface area (Å²) in [5.74, 6) is -0.473. The van der Waals surface area contributed by atoms with Crippen molar-refractivity contribution in [1.82, 2.24) is 14.3 Å². The maximum absolute atomic E-state index is 12.1. The average molecular weight is 337 g/mol. The van der Waals surface area contributed by atoms with Gasteiger partial charge in [-0.1, -0.05) is 30.3 Å². The van der Waals surface area contributed by atoms with Crippen molar-refractivity contribution >= 4 is 11.6 Å². The molecule has 3 aromatic rings. The molecule has 1 aromatic carbocycles. The maximum Gasteiger partial charge on any atom is 0.313 e. The van der Waals surface area contributed by atoms with Crippen LogP contribution in [0.2, 0.25) is 0 Å². The van der Waals surface area contributed by atoms with E-state index >= 15 is 0 Å². The second kappa shape index (κ2) is 7.49. The number of fused-ring (bicyclic) bond motifs is 1. The summed E-state index contributed by atoms with van der Waals surface area (Å²) in [7, 11) is 3.91. The Morgan fingerprint density at radius 3 is 2.64 bits per heavy atom. The zero-order valence-corrected chi connectivity index (χ0v) is 14.8. The Kier molecular flexibility index (Phi) is 5.14. The largest absolute Gasteiger partial charge is 0.464 e. The summed E-state index contributed by atoms with van der Waals surface area (Å²) in [6, 6.07) is 13.9. The quantitative estimate of drug-likeness (QED) is 0.648. The molecule has 0 aliphatic carbocycles. The van der Waals surface area contributed by atoms with E-state index in [1.165, 1.54) is 0 Å². The highest BCUT2D eigenvalue weighted by Crippen LogP contribution is 2.23. The van der Waals surface area contributed by atoms with E-state index in [1.807, 2.05) is 85.2 Å². The number of pyridine rings is 1. The van der Waals surface area contributed by atoms with Gasteiger partial charge in [-0.2, -0.15) is 0 Å². The molecule has 2 heterocycles. The molecule has 5 heteroatoms. The number of likely N-dealkylation sites (N-methyl/N-ethyl adjacent to an activating group) is 1. The minimum Gasteiger partial charge on any atom is -0.464 e. The third kappa shape index (κ3) is 4.06. The number of esters is 1. The van der Waals surface area contributed by atoms with E-state index in [2.05, 4.69) is 4.98 Å². The molecule has 0 saturated carbocycles. The van der Waals surface area contributed by atoms with Crippen molar-refractivity contribution in [2.75, 3.05) is 27.2 Å². The maximum atomic E-state index is 12.1. The molecule has 0 spiro atoms. The molecular weight excluding hydrogens is 314 g/mol. The Hall–Kier alpha value is -2.66. The molecule has 0 aliphatic heterocycles. The summed E-state index contributed by atoms with van der Waals surface area (Å²) in [6.45, 7) is 3.01. The van der Waals surface area contributed by atoms with Crippen molar-refractivity contribution in [3.05, 3.63) is 60.4 Å². The van der Waals surface area contributed by atoms with E-state index in [-0.39, 0.29) is 11.9 Å². The van der Waals surface area contributed by atoms with Crippen LogP contribution in [0.25, 0.3) is 16.9 Å². The first-order chi connectivity index (χ1) is 12.0. The third-order valence-corrected chi connectivity index (χ3v) is 4.21. The second-order valence-corrected chi connectivity index (χ2v) is 6.41. The highest BCUT2D eigenvalue weighted by molar-refractivity contribution is 5.78. The van der Waals surface area contributed by atoms with Gasteiger partial charge in [0.15, 0.2) is 0 Å². The smallest absolute Gasteiger partial charge is 0.313 e. The monoisotopic (exact) mass is 337 g/mol. The minimum atomic E-state index is -0.280. The fourth-order valence-corrected chi connectivity index (χ4v) is 2.61. The number of carbonyl (C=O) groups is 1. The fourth-order valence-electron chi connectivity index (χ4n) is 2.61. The fraction of sp³-hybridized carbons (Fsp3) is 0.300. The Balaban J connectivity index is 1.70. The van der Waals surface area contributed by atoms with Crippen LogP contribution >= 0.6 is 0 Å². The Bertz CT molecular complexity index is 820. The van der Waals surface area contributed by atoms with E-state index in [4.69, 9.17) is 4.74 Å². The van der Waals surface area contributed by atoms with Crippen molar-refractivity contribution in [1.29, 1.82) is 0 Å². The Labute approximate surface area is 147 Å². The van der Waals surface area contributed by atoms with Gasteiger partial charge in [-0.05, 0) is 38.7 Å². The summed E-state index contributed by atoms with van der Waals surface area (Å²) < 4.78 is 7.32. The Morgan fingerprint density at radius 1 is 1.20 bits per heavy atom. The van der Waals surface area contributed by atoms with Crippen LogP contribution in [-0.2, 0) is 9.53 Å². The highest BCUT2D eigenvalue weighted by Gasteiger charge is 2.17. The second-order valence-electron chi connectivity index (χ2n) is 6.41. The molecule has 2 aromatic heterocycles. The molecule has 3 rings (SSSR count). The normalized spacial score (nSPS) is 12.5. The van der Waals surface area contributed by atoms with Gasteiger partial charge in [-0.3, -0.25) is 4.79 Å². The molecule has 0 radical (unpaired) electrons. The predicted octanol–water partition coefficient (Wildman–Crippen LogP) is 3.21. The van der Waals surface area contributed by atoms with Crippen molar-refractivity contribution < 1.29 is 9.53 Å². The van der Waals surface area contributed by atoms with Crippen LogP contribution in [0.1, 0.15) is 18.4 Å². The van der Waals surface area contributed by atoms with Crippen molar-refractivity contribution in [2.45, 2.75) is 12.8 Å². The molecule has 0 amide bonds. The van der Waals surface area contributed by atoms with Crippen LogP contribution in [0.3, 0.4) is 0 Å². The number of carbonyl (C=O) groups excluding carboxylic acids is 1. The first-order valence-corrected chi connectivity index (χ1v) is 8.40. The molecule has 25 heavy (non-hydrogen) atoms. The molecule has 130 valence electrons. The topological polar surface area (TPSA) is 46.8 Å². The highest BCUT2D eigenvalue weighted by atomic mass is 16.5. The molecule has 0 bridgehead atoms. The van der Waals surface area contributed by atoms with E-state index in [0.717, 1.165) is 29.0 Å². The number of ether oxygens (including phenoxy) is 1. The zero-order chi connectivity index (χ0) is 17.8. The molecule has 0 N–H and O–H groups in total. The lowest BCUT2D eigenvalue weighted by atomic mass is 9.99. The lowest BCUT2D eigenvalue weighted by Gasteiger charge is -2.14. The lowest BCUT2D eigenvalue weighted by Crippen LogP contribution is -2.22. The molecule has 0 fully saturated rings. The SMILES string of the molecule is CC(C(=O)OCCN(C)C)c1ccc(-c2cn3ccccc3n2)cc1. The van der Waals surface area contributed by atoms with Gasteiger partial charge in [0.05, 0.1) is 11.6 Å². The summed E-state index contributed by atoms with van der Waals surface area (Å²) in [5.41, 5.74) is 3.81. The molecule has 5 nitrogen and oxygen atoms in total. The number of benzene rings is 1. The predicted molar refractivity (Wildman–Crippen MR) is 98.6 cm³/mol. The first kappa shape index (κ1) is 17.2. The van der Waals surface area contributed by atoms with E-state index in [9.17, 15) is 4.79 Å². The van der Waals surface area contributed by atoms with Crippen molar-refractivity contribution in [3.63, 3.8) is 0 Å². The number of nitrogens with zero attached hydrogens (tertiary/aromatic N) is 3. The summed E-state index contributed by atoms with van der Waals surface area (Å²) >= 11 is 0. The lowest BCUT2D eigenvalue weighted by molar-refractivity contribution is -0.145. The van der Waals surface area contributed by atoms with Crippen molar-refractivity contribution in [3.8, 4) is 11.3 Å². The number of imidazole rings is 1. The van der Waals surface area contributed by atoms with E-state index in [1.54, 1.807) is 0 Å². The summed E-state index contributed by atoms with van der Waals surface area (Å²) in [5, 5.41) is 0. The average Bonchev–Trinajstić information content (AvgIpc) is 3.05. The van der Waals surface area contributed by atoms with Crippen LogP contribution in [0.4, 0.5) is 0 Å². The van der Waals surface area contributed by atoms with Crippen LogP contribution < -0.4 is 0 Å². The van der Waals surface area contributed by atoms with Crippen LogP contribution in [0, 0.1) is 0 Å². The molecular formula is C20H23N3O2. The van der Waals surface area contributed by atoms with Gasteiger partial charge in [-0.15, -0.1) is 0 Å². The number of hydrogen-bond donors (Lipinski definition) is 0. The van der Waals surface area contributed by atoms with Gasteiger partial charge >= 0.3 is 5.97 Å². The number of aromatic nitrogens is 2. The number of rotatable bonds is 6. The summed E-state index contributed by atoms with van der Waals surface area (Å²) in [6.07, 6.45) is 3.98. The Morgan fingerprint density at radius 2 is 1.96 bits per heavy atom. The van der Waals surface area contributed by atoms with Crippen molar-refractivity contribution in [2.24, 2.45) is 0 Å². The molecule has 1 atom stereocenters.